The van der Waals surface area contributed by atoms with Crippen LogP contribution in [-0.4, -0.2) is 28.2 Å². The summed E-state index contributed by atoms with van der Waals surface area (Å²) in [4.78, 5) is 11.7. The zero-order chi connectivity index (χ0) is 45.4. The second-order valence-corrected chi connectivity index (χ2v) is 18.5. The molecule has 0 fully saturated rings. The Morgan fingerprint density at radius 2 is 0.603 bits per heavy atom. The predicted molar refractivity (Wildman–Crippen MR) is 284 cm³/mol. The number of aryl methyl sites for hydroxylation is 4. The number of hydrogen-bond acceptors (Lipinski definition) is 2. The topological polar surface area (TPSA) is 45.5 Å². The van der Waals surface area contributed by atoms with E-state index >= 15 is 0 Å². The molecule has 6 heterocycles. The Morgan fingerprint density at radius 1 is 0.294 bits per heavy atom. The SMILES string of the molecule is Cc1ccc2c(c1)c1cc(C)ccc1n2-c1nc(-n2c3ccc(C)cc3c3cc(C)ccc32)c(-n2c3ccccc3c3ccccc32)c(-c2ccccn2)c1-n1c2ccccc2c2ccccc21. The van der Waals surface area contributed by atoms with Crippen LogP contribution in [0.3, 0.4) is 0 Å². The molecule has 0 unspecified atom stereocenters. The molecule has 0 aliphatic rings. The van der Waals surface area contributed by atoms with Crippen LogP contribution < -0.4 is 0 Å². The highest BCUT2D eigenvalue weighted by Gasteiger charge is 2.33. The number of hydrogen-bond donors (Lipinski definition) is 0. The van der Waals surface area contributed by atoms with E-state index in [1.165, 1.54) is 65.3 Å². The molecule has 0 aliphatic heterocycles. The van der Waals surface area contributed by atoms with E-state index in [0.717, 1.165) is 78.4 Å². The van der Waals surface area contributed by atoms with Crippen LogP contribution in [-0.2, 0) is 0 Å². The highest BCUT2D eigenvalue weighted by atomic mass is 15.2. The summed E-state index contributed by atoms with van der Waals surface area (Å²) in [6, 6.07) is 68.9. The highest BCUT2D eigenvalue weighted by Crippen LogP contribution is 2.48. The molecule has 0 N–H and O–H groups in total. The fraction of sp³-hybridized carbons (Fsp3) is 0.0645. The van der Waals surface area contributed by atoms with E-state index in [1.54, 1.807) is 0 Å². The van der Waals surface area contributed by atoms with Crippen molar-refractivity contribution in [2.24, 2.45) is 0 Å². The quantitative estimate of drug-likeness (QED) is 0.173. The third-order valence-electron chi connectivity index (χ3n) is 14.2. The fourth-order valence-corrected chi connectivity index (χ4v) is 11.3. The van der Waals surface area contributed by atoms with Crippen molar-refractivity contribution >= 4 is 87.2 Å². The van der Waals surface area contributed by atoms with Gasteiger partial charge in [-0.3, -0.25) is 14.1 Å². The lowest BCUT2D eigenvalue weighted by atomic mass is 10.0. The van der Waals surface area contributed by atoms with Gasteiger partial charge in [0, 0.05) is 49.3 Å². The van der Waals surface area contributed by atoms with Crippen LogP contribution in [0, 0.1) is 27.7 Å². The van der Waals surface area contributed by atoms with Crippen molar-refractivity contribution in [3.05, 3.63) is 217 Å². The maximum Gasteiger partial charge on any atom is 0.165 e. The molecule has 68 heavy (non-hydrogen) atoms. The van der Waals surface area contributed by atoms with E-state index in [1.807, 2.05) is 12.3 Å². The van der Waals surface area contributed by atoms with Gasteiger partial charge in [0.25, 0.3) is 0 Å². The lowest BCUT2D eigenvalue weighted by molar-refractivity contribution is 0.959. The number of aromatic nitrogens is 6. The molecular formula is C62H44N6. The number of benzene rings is 8. The fourth-order valence-electron chi connectivity index (χ4n) is 11.3. The molecule has 8 aromatic carbocycles. The summed E-state index contributed by atoms with van der Waals surface area (Å²) in [5, 5.41) is 9.44. The van der Waals surface area contributed by atoms with E-state index in [4.69, 9.17) is 9.97 Å². The normalized spacial score (nSPS) is 12.1. The van der Waals surface area contributed by atoms with Crippen molar-refractivity contribution < 1.29 is 0 Å². The van der Waals surface area contributed by atoms with Crippen molar-refractivity contribution in [2.45, 2.75) is 27.7 Å². The van der Waals surface area contributed by atoms with Crippen LogP contribution in [0.15, 0.2) is 194 Å². The Labute approximate surface area is 392 Å². The van der Waals surface area contributed by atoms with Gasteiger partial charge >= 0.3 is 0 Å². The summed E-state index contributed by atoms with van der Waals surface area (Å²) >= 11 is 0. The van der Waals surface area contributed by atoms with E-state index in [0.29, 0.717) is 0 Å². The maximum atomic E-state index is 6.33. The van der Waals surface area contributed by atoms with E-state index < -0.39 is 0 Å². The van der Waals surface area contributed by atoms with E-state index in [9.17, 15) is 0 Å². The minimum Gasteiger partial charge on any atom is -0.305 e. The van der Waals surface area contributed by atoms with Crippen molar-refractivity contribution in [3.8, 4) is 34.3 Å². The van der Waals surface area contributed by atoms with Gasteiger partial charge in [0.2, 0.25) is 0 Å². The van der Waals surface area contributed by atoms with Gasteiger partial charge in [0.05, 0.1) is 55.4 Å². The second kappa shape index (κ2) is 14.4. The summed E-state index contributed by atoms with van der Waals surface area (Å²) < 4.78 is 9.79. The van der Waals surface area contributed by atoms with Crippen LogP contribution in [0.2, 0.25) is 0 Å². The summed E-state index contributed by atoms with van der Waals surface area (Å²) in [6.07, 6.45) is 1.93. The van der Waals surface area contributed by atoms with Crippen molar-refractivity contribution in [3.63, 3.8) is 0 Å². The van der Waals surface area contributed by atoms with Crippen molar-refractivity contribution in [1.82, 2.24) is 28.2 Å². The molecule has 322 valence electrons. The van der Waals surface area contributed by atoms with Crippen LogP contribution in [0.25, 0.3) is 121 Å². The number of para-hydroxylation sites is 4. The standard InChI is InChI=1S/C62H44N6/c1-37-24-28-54-45(33-37)46-34-38(2)25-29-55(46)67(54)61-59(65-50-20-9-5-15-41(50)42-16-6-10-21-51(42)65)58(49-19-13-14-32-63-49)60(66-52-22-11-7-17-43(52)44-18-8-12-23-53(44)66)62(64-61)68-56-30-26-39(3)35-47(56)48-36-40(4)27-31-57(48)68/h5-36H,1-4H3. The molecule has 0 spiro atoms. The summed E-state index contributed by atoms with van der Waals surface area (Å²) in [6.45, 7) is 8.74. The van der Waals surface area contributed by atoms with Gasteiger partial charge in [-0.15, -0.1) is 0 Å². The molecule has 0 saturated heterocycles. The summed E-state index contributed by atoms with van der Waals surface area (Å²) in [7, 11) is 0. The second-order valence-electron chi connectivity index (χ2n) is 18.5. The van der Waals surface area contributed by atoms with Gasteiger partial charge in [-0.05, 0) is 113 Å². The first-order valence-electron chi connectivity index (χ1n) is 23.4. The largest absolute Gasteiger partial charge is 0.305 e. The van der Waals surface area contributed by atoms with Gasteiger partial charge < -0.3 is 9.13 Å². The molecule has 0 radical (unpaired) electrons. The first-order chi connectivity index (χ1) is 33.4. The van der Waals surface area contributed by atoms with Gasteiger partial charge in [-0.2, -0.15) is 0 Å². The first-order valence-corrected chi connectivity index (χ1v) is 23.4. The Kier molecular flexibility index (Phi) is 8.15. The molecule has 0 amide bonds. The lowest BCUT2D eigenvalue weighted by Gasteiger charge is -2.26. The van der Waals surface area contributed by atoms with E-state index in [2.05, 4.69) is 228 Å². The third kappa shape index (κ3) is 5.40. The molecule has 14 aromatic rings. The van der Waals surface area contributed by atoms with Gasteiger partial charge in [-0.1, -0.05) is 125 Å². The Bertz CT molecular complexity index is 3940. The zero-order valence-electron chi connectivity index (χ0n) is 38.2. The van der Waals surface area contributed by atoms with Crippen molar-refractivity contribution in [2.75, 3.05) is 0 Å². The Balaban J connectivity index is 1.33. The average Bonchev–Trinajstić information content (AvgIpc) is 4.08. The number of rotatable bonds is 5. The van der Waals surface area contributed by atoms with Gasteiger partial charge in [0.1, 0.15) is 11.4 Å². The van der Waals surface area contributed by atoms with Gasteiger partial charge in [-0.25, -0.2) is 4.98 Å². The first kappa shape index (κ1) is 38.5. The average molecular weight is 873 g/mol. The smallest absolute Gasteiger partial charge is 0.165 e. The number of fused-ring (bicyclic) bond motifs is 12. The van der Waals surface area contributed by atoms with E-state index in [-0.39, 0.29) is 0 Å². The lowest BCUT2D eigenvalue weighted by Crippen LogP contribution is -2.16. The van der Waals surface area contributed by atoms with Crippen LogP contribution in [0.1, 0.15) is 22.3 Å². The number of nitrogens with zero attached hydrogens (tertiary/aromatic N) is 6. The molecule has 0 atom stereocenters. The third-order valence-corrected chi connectivity index (χ3v) is 14.2. The van der Waals surface area contributed by atoms with Crippen LogP contribution in [0.4, 0.5) is 0 Å². The molecule has 14 rings (SSSR count). The molecule has 0 saturated carbocycles. The molecule has 6 nitrogen and oxygen atoms in total. The molecule has 0 aliphatic carbocycles. The molecule has 0 bridgehead atoms. The highest BCUT2D eigenvalue weighted by molar-refractivity contribution is 6.15. The minimum atomic E-state index is 0.804. The molecular weight excluding hydrogens is 829 g/mol. The monoisotopic (exact) mass is 872 g/mol. The van der Waals surface area contributed by atoms with Gasteiger partial charge in [0.15, 0.2) is 11.6 Å². The van der Waals surface area contributed by atoms with Crippen molar-refractivity contribution in [1.29, 1.82) is 0 Å². The predicted octanol–water partition coefficient (Wildman–Crippen LogP) is 15.8. The number of pyridine rings is 2. The maximum absolute atomic E-state index is 6.33. The summed E-state index contributed by atoms with van der Waals surface area (Å²) in [5.41, 5.74) is 17.2. The molecule has 6 aromatic heterocycles. The Morgan fingerprint density at radius 3 is 0.926 bits per heavy atom. The van der Waals surface area contributed by atoms with Crippen LogP contribution >= 0.6 is 0 Å². The minimum absolute atomic E-state index is 0.804. The molecule has 6 heteroatoms. The Hall–Kier alpha value is -8.74. The van der Waals surface area contributed by atoms with Crippen LogP contribution in [0.5, 0.6) is 0 Å². The zero-order valence-corrected chi connectivity index (χ0v) is 38.2. The summed E-state index contributed by atoms with van der Waals surface area (Å²) in [5.74, 6) is 1.61.